The minimum atomic E-state index is -4.46. The number of allylic oxidation sites excluding steroid dienone is 1. The Morgan fingerprint density at radius 2 is 1.77 bits per heavy atom. The molecule has 2 aromatic carbocycles. The van der Waals surface area contributed by atoms with Crippen molar-refractivity contribution in [3.8, 4) is 0 Å². The van der Waals surface area contributed by atoms with Crippen LogP contribution < -0.4 is 5.32 Å². The molecule has 2 aromatic rings. The lowest BCUT2D eigenvalue weighted by molar-refractivity contribution is -0.139. The Morgan fingerprint density at radius 3 is 2.30 bits per heavy atom. The van der Waals surface area contributed by atoms with Gasteiger partial charge in [0.25, 0.3) is 0 Å². The van der Waals surface area contributed by atoms with Crippen molar-refractivity contribution >= 4 is 12.0 Å². The number of nitrogens with one attached hydrogen (secondary N) is 1. The zero-order chi connectivity index (χ0) is 22.1. The molecule has 0 radical (unpaired) electrons. The van der Waals surface area contributed by atoms with E-state index < -0.39 is 17.9 Å². The molecule has 1 aliphatic rings. The number of rotatable bonds is 6. The first kappa shape index (κ1) is 22.1. The fourth-order valence-electron chi connectivity index (χ4n) is 3.35. The van der Waals surface area contributed by atoms with Gasteiger partial charge in [0.1, 0.15) is 5.82 Å². The third-order valence-corrected chi connectivity index (χ3v) is 5.62. The molecule has 1 aliphatic carbocycles. The average Bonchev–Trinajstić information content (AvgIpc) is 3.49. The summed E-state index contributed by atoms with van der Waals surface area (Å²) in [6.07, 6.45) is -0.391. The Balaban J connectivity index is 1.78. The lowest BCUT2D eigenvalue weighted by Crippen LogP contribution is -2.24. The van der Waals surface area contributed by atoms with Gasteiger partial charge in [-0.15, -0.1) is 0 Å². The zero-order valence-corrected chi connectivity index (χ0v) is 17.2. The molecule has 1 atom stereocenters. The number of carbonyl (C=O) groups is 1. The lowest BCUT2D eigenvalue weighted by atomic mass is 9.91. The summed E-state index contributed by atoms with van der Waals surface area (Å²) in [6.45, 7) is 5.53. The Kier molecular flexibility index (Phi) is 6.34. The Morgan fingerprint density at radius 1 is 1.13 bits per heavy atom. The van der Waals surface area contributed by atoms with Gasteiger partial charge in [-0.05, 0) is 67.5 Å². The van der Waals surface area contributed by atoms with Gasteiger partial charge in [-0.3, -0.25) is 4.79 Å². The van der Waals surface area contributed by atoms with Crippen LogP contribution in [0.3, 0.4) is 0 Å². The highest BCUT2D eigenvalue weighted by Crippen LogP contribution is 2.38. The normalized spacial score (nSPS) is 15.4. The first-order valence-electron chi connectivity index (χ1n) is 9.95. The predicted molar refractivity (Wildman–Crippen MR) is 109 cm³/mol. The summed E-state index contributed by atoms with van der Waals surface area (Å²) in [4.78, 5) is 11.7. The van der Waals surface area contributed by atoms with Gasteiger partial charge in [0.2, 0.25) is 5.91 Å². The summed E-state index contributed by atoms with van der Waals surface area (Å²) in [6, 6.07) is 7.34. The third kappa shape index (κ3) is 5.29. The molecule has 0 bridgehead atoms. The third-order valence-electron chi connectivity index (χ3n) is 5.62. The molecule has 3 rings (SSSR count). The maximum atomic E-state index is 14.3. The summed E-state index contributed by atoms with van der Waals surface area (Å²) in [7, 11) is 0. The van der Waals surface area contributed by atoms with Crippen molar-refractivity contribution in [1.29, 1.82) is 0 Å². The van der Waals surface area contributed by atoms with Gasteiger partial charge in [0.05, 0.1) is 5.92 Å². The fraction of sp³-hybridized carbons (Fsp3) is 0.375. The second kappa shape index (κ2) is 8.62. The van der Waals surface area contributed by atoms with Crippen LogP contribution in [-0.4, -0.2) is 12.1 Å². The molecule has 1 amide bonds. The van der Waals surface area contributed by atoms with E-state index >= 15 is 0 Å². The van der Waals surface area contributed by atoms with E-state index in [1.165, 1.54) is 18.2 Å². The number of amides is 1. The Bertz CT molecular complexity index is 951. The van der Waals surface area contributed by atoms with E-state index in [1.54, 1.807) is 32.0 Å². The summed E-state index contributed by atoms with van der Waals surface area (Å²) < 4.78 is 55.4. The van der Waals surface area contributed by atoms with Crippen molar-refractivity contribution in [3.05, 3.63) is 75.6 Å². The highest BCUT2D eigenvalue weighted by Gasteiger charge is 2.39. The molecule has 0 aliphatic heterocycles. The van der Waals surface area contributed by atoms with Gasteiger partial charge < -0.3 is 5.32 Å². The molecule has 0 saturated heterocycles. The van der Waals surface area contributed by atoms with Crippen molar-refractivity contribution in [3.63, 3.8) is 0 Å². The number of halogens is 4. The lowest BCUT2D eigenvalue weighted by Gasteiger charge is -2.19. The van der Waals surface area contributed by atoms with Crippen molar-refractivity contribution in [2.24, 2.45) is 5.92 Å². The number of aryl methyl sites for hydroxylation is 2. The minimum absolute atomic E-state index is 0.0311. The molecule has 0 spiro atoms. The fourth-order valence-corrected chi connectivity index (χ4v) is 3.35. The van der Waals surface area contributed by atoms with E-state index in [0.717, 1.165) is 35.6 Å². The van der Waals surface area contributed by atoms with Gasteiger partial charge >= 0.3 is 6.18 Å². The predicted octanol–water partition coefficient (Wildman–Crippen LogP) is 6.14. The van der Waals surface area contributed by atoms with E-state index in [4.69, 9.17) is 0 Å². The highest BCUT2D eigenvalue weighted by molar-refractivity contribution is 5.80. The number of carbonyl (C=O) groups excluding carboxylic acids is 1. The van der Waals surface area contributed by atoms with Gasteiger partial charge in [-0.25, -0.2) is 4.39 Å². The standard InChI is InChI=1S/C24H25F4NO/c1-14-10-20(11-15(2)16(14)3)21(24(26,27)28)9-5-17-4-6-19(22(25)12-17)13-29-23(30)18-7-8-18/h4-6,9-12,18,21H,7-8,13H2,1-3H3,(H,29,30)/b9-5+. The summed E-state index contributed by atoms with van der Waals surface area (Å²) in [5, 5.41) is 2.68. The van der Waals surface area contributed by atoms with Crippen LogP contribution in [0.5, 0.6) is 0 Å². The topological polar surface area (TPSA) is 29.1 Å². The largest absolute Gasteiger partial charge is 0.399 e. The number of hydrogen-bond acceptors (Lipinski definition) is 1. The monoisotopic (exact) mass is 419 g/mol. The Hall–Kier alpha value is -2.63. The summed E-state index contributed by atoms with van der Waals surface area (Å²) >= 11 is 0. The minimum Gasteiger partial charge on any atom is -0.352 e. The van der Waals surface area contributed by atoms with Crippen LogP contribution in [0.15, 0.2) is 36.4 Å². The zero-order valence-electron chi connectivity index (χ0n) is 17.2. The number of hydrogen-bond donors (Lipinski definition) is 1. The number of alkyl halides is 3. The van der Waals surface area contributed by atoms with Crippen LogP contribution in [-0.2, 0) is 11.3 Å². The molecular weight excluding hydrogens is 394 g/mol. The van der Waals surface area contributed by atoms with Crippen LogP contribution in [0.4, 0.5) is 17.6 Å². The quantitative estimate of drug-likeness (QED) is 0.560. The van der Waals surface area contributed by atoms with Crippen LogP contribution >= 0.6 is 0 Å². The second-order valence-electron chi connectivity index (χ2n) is 8.00. The molecule has 1 N–H and O–H groups in total. The van der Waals surface area contributed by atoms with E-state index in [9.17, 15) is 22.4 Å². The van der Waals surface area contributed by atoms with Gasteiger partial charge in [-0.2, -0.15) is 13.2 Å². The summed E-state index contributed by atoms with van der Waals surface area (Å²) in [5.74, 6) is -2.39. The molecule has 1 fully saturated rings. The molecule has 30 heavy (non-hydrogen) atoms. The highest BCUT2D eigenvalue weighted by atomic mass is 19.4. The van der Waals surface area contributed by atoms with Crippen LogP contribution in [0.25, 0.3) is 6.08 Å². The molecule has 0 aromatic heterocycles. The molecule has 1 unspecified atom stereocenters. The van der Waals surface area contributed by atoms with E-state index in [2.05, 4.69) is 5.32 Å². The van der Waals surface area contributed by atoms with E-state index in [0.29, 0.717) is 11.1 Å². The summed E-state index contributed by atoms with van der Waals surface area (Å²) in [5.41, 5.74) is 3.37. The van der Waals surface area contributed by atoms with Gasteiger partial charge in [-0.1, -0.05) is 36.4 Å². The molecule has 160 valence electrons. The smallest absolute Gasteiger partial charge is 0.352 e. The van der Waals surface area contributed by atoms with E-state index in [1.807, 2.05) is 6.92 Å². The van der Waals surface area contributed by atoms with Crippen LogP contribution in [0, 0.1) is 32.5 Å². The molecular formula is C24H25F4NO. The van der Waals surface area contributed by atoms with Gasteiger partial charge in [0, 0.05) is 18.0 Å². The van der Waals surface area contributed by atoms with Crippen molar-refractivity contribution in [2.45, 2.75) is 52.3 Å². The SMILES string of the molecule is Cc1cc(C(/C=C/c2ccc(CNC(=O)C3CC3)c(F)c2)C(F)(F)F)cc(C)c1C. The molecule has 2 nitrogen and oxygen atoms in total. The van der Waals surface area contributed by atoms with Crippen LogP contribution in [0.2, 0.25) is 0 Å². The van der Waals surface area contributed by atoms with Crippen molar-refractivity contribution in [2.75, 3.05) is 0 Å². The molecule has 0 heterocycles. The Labute approximate surface area is 174 Å². The first-order valence-corrected chi connectivity index (χ1v) is 9.95. The maximum Gasteiger partial charge on any atom is 0.399 e. The first-order chi connectivity index (χ1) is 14.1. The van der Waals surface area contributed by atoms with Crippen LogP contribution in [0.1, 0.15) is 52.1 Å². The average molecular weight is 419 g/mol. The second-order valence-corrected chi connectivity index (χ2v) is 8.00. The maximum absolute atomic E-state index is 14.3. The van der Waals surface area contributed by atoms with Crippen molar-refractivity contribution in [1.82, 2.24) is 5.32 Å². The molecule has 6 heteroatoms. The number of benzene rings is 2. The van der Waals surface area contributed by atoms with Crippen molar-refractivity contribution < 1.29 is 22.4 Å². The van der Waals surface area contributed by atoms with Gasteiger partial charge in [0.15, 0.2) is 0 Å². The van der Waals surface area contributed by atoms with E-state index in [-0.39, 0.29) is 23.9 Å². The molecule has 1 saturated carbocycles.